The summed E-state index contributed by atoms with van der Waals surface area (Å²) in [5.41, 5.74) is 1.75. The van der Waals surface area contributed by atoms with E-state index in [-0.39, 0.29) is 31.3 Å². The highest BCUT2D eigenvalue weighted by Crippen LogP contribution is 2.39. The van der Waals surface area contributed by atoms with Gasteiger partial charge in [0.15, 0.2) is 11.5 Å². The van der Waals surface area contributed by atoms with Crippen LogP contribution in [-0.2, 0) is 9.53 Å². The van der Waals surface area contributed by atoms with Crippen molar-refractivity contribution in [3.05, 3.63) is 46.2 Å². The average molecular weight is 459 g/mol. The lowest BCUT2D eigenvalue weighted by Crippen LogP contribution is -2.47. The molecule has 4 rings (SSSR count). The van der Waals surface area contributed by atoms with Crippen LogP contribution in [0.1, 0.15) is 29.8 Å². The lowest BCUT2D eigenvalue weighted by molar-refractivity contribution is -0.133. The molecule has 0 saturated heterocycles. The van der Waals surface area contributed by atoms with Crippen LogP contribution in [0.4, 0.5) is 4.79 Å². The van der Waals surface area contributed by atoms with Gasteiger partial charge in [0.1, 0.15) is 6.54 Å². The Bertz CT molecular complexity index is 994. The lowest BCUT2D eigenvalue weighted by atomic mass is 10.0. The Balaban J connectivity index is 1.59. The number of carbonyl (C=O) groups is 2. The first-order valence-electron chi connectivity index (χ1n) is 10.5. The summed E-state index contributed by atoms with van der Waals surface area (Å²) < 4.78 is 16.1. The number of benzene rings is 1. The Labute approximate surface area is 190 Å². The molecule has 1 aromatic heterocycles. The molecule has 1 aromatic carbocycles. The largest absolute Gasteiger partial charge is 0.454 e. The van der Waals surface area contributed by atoms with Crippen molar-refractivity contribution in [2.24, 2.45) is 5.10 Å². The number of nitrogens with one attached hydrogen (secondary N) is 1. The molecule has 2 aromatic rings. The van der Waals surface area contributed by atoms with Crippen molar-refractivity contribution >= 4 is 29.0 Å². The number of ether oxygens (including phenoxy) is 3. The normalized spacial score (nSPS) is 16.8. The van der Waals surface area contributed by atoms with E-state index in [1.165, 1.54) is 9.91 Å². The maximum absolute atomic E-state index is 13.4. The van der Waals surface area contributed by atoms with Gasteiger partial charge in [-0.1, -0.05) is 12.1 Å². The summed E-state index contributed by atoms with van der Waals surface area (Å²) in [6.07, 6.45) is 0.575. The summed E-state index contributed by atoms with van der Waals surface area (Å²) in [5.74, 6) is 1.08. The molecule has 3 heterocycles. The van der Waals surface area contributed by atoms with Gasteiger partial charge in [0, 0.05) is 26.6 Å². The van der Waals surface area contributed by atoms with Gasteiger partial charge in [0.05, 0.1) is 23.2 Å². The third kappa shape index (κ3) is 4.71. The summed E-state index contributed by atoms with van der Waals surface area (Å²) in [7, 11) is 1.56. The van der Waals surface area contributed by atoms with Crippen LogP contribution in [0.5, 0.6) is 11.5 Å². The highest BCUT2D eigenvalue weighted by molar-refractivity contribution is 7.12. The number of hydrogen-bond donors (Lipinski definition) is 1. The van der Waals surface area contributed by atoms with Crippen molar-refractivity contribution in [1.29, 1.82) is 0 Å². The zero-order valence-corrected chi connectivity index (χ0v) is 18.9. The second-order valence-corrected chi connectivity index (χ2v) is 8.29. The maximum Gasteiger partial charge on any atom is 0.317 e. The Morgan fingerprint density at radius 2 is 2.16 bits per heavy atom. The molecule has 0 bridgehead atoms. The topological polar surface area (TPSA) is 92.7 Å². The highest BCUT2D eigenvalue weighted by atomic mass is 32.1. The Hall–Kier alpha value is -3.11. The van der Waals surface area contributed by atoms with Gasteiger partial charge in [0.25, 0.3) is 5.91 Å². The molecule has 2 aliphatic rings. The van der Waals surface area contributed by atoms with Crippen molar-refractivity contribution in [3.8, 4) is 11.5 Å². The third-order valence-electron chi connectivity index (χ3n) is 5.26. The van der Waals surface area contributed by atoms with Crippen LogP contribution in [0, 0.1) is 0 Å². The molecule has 1 atom stereocenters. The van der Waals surface area contributed by atoms with Gasteiger partial charge in [-0.15, -0.1) is 11.3 Å². The molecule has 1 N–H and O–H groups in total. The van der Waals surface area contributed by atoms with E-state index in [1.807, 2.05) is 42.6 Å². The first-order chi connectivity index (χ1) is 15.6. The fourth-order valence-electron chi connectivity index (χ4n) is 3.66. The number of carbonyl (C=O) groups excluding carboxylic acids is 2. The van der Waals surface area contributed by atoms with Crippen LogP contribution in [0.25, 0.3) is 0 Å². The van der Waals surface area contributed by atoms with Crippen molar-refractivity contribution in [2.75, 3.05) is 40.1 Å². The van der Waals surface area contributed by atoms with E-state index in [9.17, 15) is 9.59 Å². The molecule has 0 fully saturated rings. The summed E-state index contributed by atoms with van der Waals surface area (Å²) in [6.45, 7) is 3.03. The lowest BCUT2D eigenvalue weighted by Gasteiger charge is -2.27. The average Bonchev–Trinajstić information content (AvgIpc) is 3.55. The fourth-order valence-corrected chi connectivity index (χ4v) is 4.39. The van der Waals surface area contributed by atoms with Crippen LogP contribution < -0.4 is 14.8 Å². The maximum atomic E-state index is 13.4. The van der Waals surface area contributed by atoms with E-state index < -0.39 is 0 Å². The molecule has 3 amide bonds. The number of rotatable bonds is 8. The zero-order chi connectivity index (χ0) is 22.5. The second kappa shape index (κ2) is 10.0. The Morgan fingerprint density at radius 3 is 2.91 bits per heavy atom. The van der Waals surface area contributed by atoms with Crippen molar-refractivity contribution in [2.45, 2.75) is 19.4 Å². The van der Waals surface area contributed by atoms with Gasteiger partial charge in [-0.2, -0.15) is 5.10 Å². The first-order valence-corrected chi connectivity index (χ1v) is 11.3. The molecular weight excluding hydrogens is 432 g/mol. The summed E-state index contributed by atoms with van der Waals surface area (Å²) in [4.78, 5) is 28.3. The van der Waals surface area contributed by atoms with Gasteiger partial charge >= 0.3 is 6.03 Å². The molecular formula is C22H26N4O5S. The van der Waals surface area contributed by atoms with Gasteiger partial charge in [-0.3, -0.25) is 4.79 Å². The van der Waals surface area contributed by atoms with E-state index in [0.29, 0.717) is 37.6 Å². The highest BCUT2D eigenvalue weighted by Gasteiger charge is 2.35. The molecule has 2 aliphatic heterocycles. The van der Waals surface area contributed by atoms with E-state index >= 15 is 0 Å². The van der Waals surface area contributed by atoms with Crippen LogP contribution in [0.2, 0.25) is 0 Å². The van der Waals surface area contributed by atoms with Crippen LogP contribution in [-0.4, -0.2) is 67.7 Å². The Morgan fingerprint density at radius 1 is 1.31 bits per heavy atom. The first kappa shape index (κ1) is 22.1. The molecule has 0 radical (unpaired) electrons. The van der Waals surface area contributed by atoms with E-state index in [4.69, 9.17) is 14.2 Å². The number of amides is 3. The minimum absolute atomic E-state index is 0.0997. The molecule has 10 heteroatoms. The van der Waals surface area contributed by atoms with E-state index in [0.717, 1.165) is 16.2 Å². The fraction of sp³-hybridized carbons (Fsp3) is 0.409. The number of methoxy groups -OCH3 is 1. The number of urea groups is 1. The summed E-state index contributed by atoms with van der Waals surface area (Å²) >= 11 is 1.58. The molecule has 32 heavy (non-hydrogen) atoms. The molecule has 170 valence electrons. The van der Waals surface area contributed by atoms with Crippen LogP contribution in [0.15, 0.2) is 40.8 Å². The molecule has 9 nitrogen and oxygen atoms in total. The molecule has 0 aliphatic carbocycles. The number of nitrogens with zero attached hydrogens (tertiary/aromatic N) is 3. The van der Waals surface area contributed by atoms with Crippen LogP contribution >= 0.6 is 11.3 Å². The number of thiophene rings is 1. The molecule has 0 spiro atoms. The number of hydrazone groups is 1. The van der Waals surface area contributed by atoms with E-state index in [2.05, 4.69) is 10.4 Å². The summed E-state index contributed by atoms with van der Waals surface area (Å²) in [6, 6.07) is 9.03. The second-order valence-electron chi connectivity index (χ2n) is 7.34. The zero-order valence-electron chi connectivity index (χ0n) is 18.1. The molecule has 0 unspecified atom stereocenters. The van der Waals surface area contributed by atoms with Gasteiger partial charge in [-0.25, -0.2) is 9.80 Å². The molecule has 0 saturated carbocycles. The number of fused-ring (bicyclic) bond motifs is 1. The SMILES string of the molecule is CCNC(=O)N(CCOC)CC(=O)N1N=C(c2cccs2)C[C@H]1c1ccc2c(c1)OCO2. The predicted octanol–water partition coefficient (Wildman–Crippen LogP) is 2.83. The van der Waals surface area contributed by atoms with Gasteiger partial charge < -0.3 is 24.4 Å². The Kier molecular flexibility index (Phi) is 6.91. The minimum Gasteiger partial charge on any atom is -0.454 e. The number of hydrogen-bond acceptors (Lipinski definition) is 7. The van der Waals surface area contributed by atoms with E-state index in [1.54, 1.807) is 18.4 Å². The summed E-state index contributed by atoms with van der Waals surface area (Å²) in [5, 5.41) is 10.9. The monoisotopic (exact) mass is 458 g/mol. The third-order valence-corrected chi connectivity index (χ3v) is 6.18. The van der Waals surface area contributed by atoms with Crippen molar-refractivity contribution in [3.63, 3.8) is 0 Å². The minimum atomic E-state index is -0.306. The smallest absolute Gasteiger partial charge is 0.317 e. The van der Waals surface area contributed by atoms with Crippen molar-refractivity contribution < 1.29 is 23.8 Å². The standard InChI is InChI=1S/C22H26N4O5S/c1-3-23-22(28)25(8-9-29-2)13-21(27)26-17(12-16(24-26)20-5-4-10-32-20)15-6-7-18-19(11-15)31-14-30-18/h4-7,10-11,17H,3,8-9,12-14H2,1-2H3,(H,23,28)/t17-/m0/s1. The van der Waals surface area contributed by atoms with Crippen molar-refractivity contribution in [1.82, 2.24) is 15.2 Å². The predicted molar refractivity (Wildman–Crippen MR) is 120 cm³/mol. The van der Waals surface area contributed by atoms with Crippen LogP contribution in [0.3, 0.4) is 0 Å². The van der Waals surface area contributed by atoms with Gasteiger partial charge in [0.2, 0.25) is 6.79 Å². The van der Waals surface area contributed by atoms with Gasteiger partial charge in [-0.05, 0) is 36.1 Å². The quantitative estimate of drug-likeness (QED) is 0.657.